The number of hydrogen-bond acceptors (Lipinski definition) is 4. The second-order valence-electron chi connectivity index (χ2n) is 4.58. The Labute approximate surface area is 106 Å². The highest BCUT2D eigenvalue weighted by molar-refractivity contribution is 6.21. The lowest BCUT2D eigenvalue weighted by Gasteiger charge is -2.16. The molecule has 0 saturated heterocycles. The molecule has 0 aromatic carbocycles. The molecule has 2 aliphatic heterocycles. The Morgan fingerprint density at radius 3 is 3.28 bits per heavy atom. The molecule has 18 heavy (non-hydrogen) atoms. The Balaban J connectivity index is 1.71. The van der Waals surface area contributed by atoms with Crippen LogP contribution in [0.5, 0.6) is 0 Å². The lowest BCUT2D eigenvalue weighted by Crippen LogP contribution is -2.40. The van der Waals surface area contributed by atoms with Gasteiger partial charge in [0.2, 0.25) is 0 Å². The van der Waals surface area contributed by atoms with Crippen LogP contribution in [0.1, 0.15) is 19.8 Å². The van der Waals surface area contributed by atoms with E-state index < -0.39 is 0 Å². The van der Waals surface area contributed by atoms with E-state index >= 15 is 0 Å². The largest absolute Gasteiger partial charge is 0.332 e. The zero-order chi connectivity index (χ0) is 12.4. The molecule has 0 bridgehead atoms. The van der Waals surface area contributed by atoms with E-state index in [9.17, 15) is 0 Å². The molecule has 3 rings (SSSR count). The quantitative estimate of drug-likeness (QED) is 0.731. The fraction of sp³-hybridized carbons (Fsp3) is 0.385. The van der Waals surface area contributed by atoms with Gasteiger partial charge in [-0.05, 0) is 25.3 Å². The molecule has 0 aromatic heterocycles. The van der Waals surface area contributed by atoms with Gasteiger partial charge >= 0.3 is 0 Å². The third-order valence-corrected chi connectivity index (χ3v) is 3.15. The minimum Gasteiger partial charge on any atom is -0.332 e. The molecule has 5 heteroatoms. The third kappa shape index (κ3) is 2.16. The molecule has 0 spiro atoms. The first kappa shape index (κ1) is 11.1. The third-order valence-electron chi connectivity index (χ3n) is 3.15. The molecule has 2 heterocycles. The van der Waals surface area contributed by atoms with Gasteiger partial charge in [0.1, 0.15) is 12.2 Å². The van der Waals surface area contributed by atoms with Crippen LogP contribution < -0.4 is 5.32 Å². The van der Waals surface area contributed by atoms with Gasteiger partial charge in [0.15, 0.2) is 11.9 Å². The van der Waals surface area contributed by atoms with Crippen molar-refractivity contribution in [1.82, 2.24) is 5.32 Å². The lowest BCUT2D eigenvalue weighted by atomic mass is 9.99. The SMILES string of the molecule is CC1=CCC=C(CN=C2N=CNC3=NC=NC23)C1. The number of hydrogen-bond donors (Lipinski definition) is 1. The van der Waals surface area contributed by atoms with E-state index in [1.807, 2.05) is 0 Å². The van der Waals surface area contributed by atoms with E-state index in [1.165, 1.54) is 11.1 Å². The summed E-state index contributed by atoms with van der Waals surface area (Å²) >= 11 is 0. The van der Waals surface area contributed by atoms with Gasteiger partial charge in [-0.3, -0.25) is 9.98 Å². The van der Waals surface area contributed by atoms with Crippen molar-refractivity contribution in [3.05, 3.63) is 23.3 Å². The average Bonchev–Trinajstić information content (AvgIpc) is 2.85. The van der Waals surface area contributed by atoms with Gasteiger partial charge in [0, 0.05) is 0 Å². The molecule has 0 aromatic rings. The average molecular weight is 241 g/mol. The van der Waals surface area contributed by atoms with Crippen molar-refractivity contribution in [1.29, 1.82) is 0 Å². The van der Waals surface area contributed by atoms with Crippen LogP contribution in [0.4, 0.5) is 0 Å². The number of fused-ring (bicyclic) bond motifs is 1. The summed E-state index contributed by atoms with van der Waals surface area (Å²) in [7, 11) is 0. The second-order valence-corrected chi connectivity index (χ2v) is 4.58. The van der Waals surface area contributed by atoms with E-state index in [0.717, 1.165) is 24.5 Å². The highest BCUT2D eigenvalue weighted by Gasteiger charge is 2.26. The minimum atomic E-state index is -0.129. The van der Waals surface area contributed by atoms with Crippen molar-refractivity contribution < 1.29 is 0 Å². The Hall–Kier alpha value is -2.04. The number of allylic oxidation sites excluding steroid dienone is 3. The molecule has 0 fully saturated rings. The van der Waals surface area contributed by atoms with Gasteiger partial charge in [0.05, 0.1) is 12.9 Å². The van der Waals surface area contributed by atoms with Crippen LogP contribution in [0.2, 0.25) is 0 Å². The maximum Gasteiger partial charge on any atom is 0.168 e. The normalized spacial score (nSPS) is 27.5. The summed E-state index contributed by atoms with van der Waals surface area (Å²) in [6.45, 7) is 2.87. The van der Waals surface area contributed by atoms with Crippen molar-refractivity contribution in [2.24, 2.45) is 20.0 Å². The summed E-state index contributed by atoms with van der Waals surface area (Å²) in [5, 5.41) is 2.98. The lowest BCUT2D eigenvalue weighted by molar-refractivity contribution is 0.955. The van der Waals surface area contributed by atoms with Crippen LogP contribution in [0.3, 0.4) is 0 Å². The van der Waals surface area contributed by atoms with Crippen LogP contribution in [-0.2, 0) is 0 Å². The highest BCUT2D eigenvalue weighted by Crippen LogP contribution is 2.18. The standard InChI is InChI=1S/C13H15N5/c1-9-3-2-4-10(5-9)6-14-12-11-13(16-7-15-11)18-8-17-12/h3-4,7-8,11H,2,5-6H2,1H3,(H,14,15,16,17,18). The summed E-state index contributed by atoms with van der Waals surface area (Å²) in [5.41, 5.74) is 2.78. The fourth-order valence-corrected chi connectivity index (χ4v) is 2.20. The van der Waals surface area contributed by atoms with E-state index in [4.69, 9.17) is 0 Å². The molecule has 1 unspecified atom stereocenters. The Bertz CT molecular complexity index is 534. The molecule has 1 atom stereocenters. The number of rotatable bonds is 2. The van der Waals surface area contributed by atoms with E-state index in [0.29, 0.717) is 6.54 Å². The Morgan fingerprint density at radius 2 is 2.39 bits per heavy atom. The van der Waals surface area contributed by atoms with Gasteiger partial charge in [-0.2, -0.15) is 0 Å². The van der Waals surface area contributed by atoms with Crippen molar-refractivity contribution in [2.45, 2.75) is 25.8 Å². The molecule has 5 nitrogen and oxygen atoms in total. The minimum absolute atomic E-state index is 0.129. The second kappa shape index (κ2) is 4.68. The number of amidine groups is 2. The summed E-state index contributed by atoms with van der Waals surface area (Å²) in [6.07, 6.45) is 9.73. The summed E-state index contributed by atoms with van der Waals surface area (Å²) in [4.78, 5) is 17.2. The molecule has 0 radical (unpaired) electrons. The van der Waals surface area contributed by atoms with Gasteiger partial charge < -0.3 is 5.32 Å². The number of aliphatic imine (C=N–C) groups is 4. The van der Waals surface area contributed by atoms with Crippen LogP contribution in [-0.4, -0.2) is 36.9 Å². The van der Waals surface area contributed by atoms with Crippen molar-refractivity contribution in [3.8, 4) is 0 Å². The molecule has 3 aliphatic rings. The van der Waals surface area contributed by atoms with Gasteiger partial charge in [0.25, 0.3) is 0 Å². The molecule has 0 saturated carbocycles. The van der Waals surface area contributed by atoms with Crippen LogP contribution >= 0.6 is 0 Å². The van der Waals surface area contributed by atoms with Crippen molar-refractivity contribution >= 4 is 24.3 Å². The predicted molar refractivity (Wildman–Crippen MR) is 74.7 cm³/mol. The molecule has 92 valence electrons. The first-order chi connectivity index (χ1) is 8.83. The summed E-state index contributed by atoms with van der Waals surface area (Å²) in [5.74, 6) is 1.56. The summed E-state index contributed by atoms with van der Waals surface area (Å²) < 4.78 is 0. The Kier molecular flexibility index (Phi) is 2.88. The van der Waals surface area contributed by atoms with Crippen molar-refractivity contribution in [3.63, 3.8) is 0 Å². The Morgan fingerprint density at radius 1 is 1.44 bits per heavy atom. The first-order valence-electron chi connectivity index (χ1n) is 6.09. The highest BCUT2D eigenvalue weighted by atomic mass is 15.2. The molecular weight excluding hydrogens is 226 g/mol. The predicted octanol–water partition coefficient (Wildman–Crippen LogP) is 1.49. The van der Waals surface area contributed by atoms with E-state index in [2.05, 4.69) is 44.4 Å². The van der Waals surface area contributed by atoms with E-state index in [1.54, 1.807) is 12.7 Å². The zero-order valence-corrected chi connectivity index (χ0v) is 10.3. The molecular formula is C13H15N5. The molecule has 1 aliphatic carbocycles. The molecule has 1 N–H and O–H groups in total. The first-order valence-corrected chi connectivity index (χ1v) is 6.09. The maximum absolute atomic E-state index is 4.57. The smallest absolute Gasteiger partial charge is 0.168 e. The van der Waals surface area contributed by atoms with Crippen LogP contribution in [0, 0.1) is 0 Å². The van der Waals surface area contributed by atoms with Gasteiger partial charge in [-0.25, -0.2) is 9.98 Å². The zero-order valence-electron chi connectivity index (χ0n) is 10.3. The fourth-order valence-electron chi connectivity index (χ4n) is 2.20. The molecule has 0 amide bonds. The maximum atomic E-state index is 4.57. The number of nitrogens with one attached hydrogen (secondary N) is 1. The number of nitrogens with zero attached hydrogens (tertiary/aromatic N) is 4. The van der Waals surface area contributed by atoms with Crippen LogP contribution in [0.15, 0.2) is 43.3 Å². The van der Waals surface area contributed by atoms with Crippen molar-refractivity contribution in [2.75, 3.05) is 6.54 Å². The topological polar surface area (TPSA) is 61.5 Å². The van der Waals surface area contributed by atoms with E-state index in [-0.39, 0.29) is 6.04 Å². The summed E-state index contributed by atoms with van der Waals surface area (Å²) in [6, 6.07) is -0.129. The van der Waals surface area contributed by atoms with Crippen LogP contribution in [0.25, 0.3) is 0 Å². The van der Waals surface area contributed by atoms with Gasteiger partial charge in [-0.1, -0.05) is 17.7 Å². The van der Waals surface area contributed by atoms with Gasteiger partial charge in [-0.15, -0.1) is 0 Å². The monoisotopic (exact) mass is 241 g/mol.